The van der Waals surface area contributed by atoms with Gasteiger partial charge in [-0.1, -0.05) is 6.07 Å². The molecule has 2 aromatic carbocycles. The summed E-state index contributed by atoms with van der Waals surface area (Å²) in [6.45, 7) is 2.58. The van der Waals surface area contributed by atoms with Gasteiger partial charge in [-0.3, -0.25) is 4.90 Å². The zero-order valence-electron chi connectivity index (χ0n) is 17.2. The number of carbonyl (C=O) groups excluding carboxylic acids is 1. The molecular formula is C23H29N3O3. The van der Waals surface area contributed by atoms with Crippen LogP contribution in [0.25, 0.3) is 0 Å². The lowest BCUT2D eigenvalue weighted by Gasteiger charge is -2.18. The molecule has 1 fully saturated rings. The normalized spacial score (nSPS) is 18.3. The molecule has 2 aromatic rings. The van der Waals surface area contributed by atoms with Gasteiger partial charge in [0.25, 0.3) is 0 Å². The number of amides is 2. The third-order valence-corrected chi connectivity index (χ3v) is 5.78. The second kappa shape index (κ2) is 8.74. The number of fused-ring (bicyclic) bond motifs is 1. The number of nitrogens with one attached hydrogen (secondary N) is 2. The molecule has 0 saturated carbocycles. The van der Waals surface area contributed by atoms with Crippen LogP contribution in [0.2, 0.25) is 0 Å². The van der Waals surface area contributed by atoms with Crippen LogP contribution in [0.3, 0.4) is 0 Å². The van der Waals surface area contributed by atoms with Crippen molar-refractivity contribution in [1.29, 1.82) is 0 Å². The number of methoxy groups -OCH3 is 2. The quantitative estimate of drug-likeness (QED) is 0.785. The smallest absolute Gasteiger partial charge is 0.319 e. The maximum atomic E-state index is 12.4. The molecule has 0 aromatic heterocycles. The van der Waals surface area contributed by atoms with Crippen molar-refractivity contribution in [1.82, 2.24) is 10.2 Å². The maximum Gasteiger partial charge on any atom is 0.319 e. The van der Waals surface area contributed by atoms with Crippen molar-refractivity contribution < 1.29 is 14.3 Å². The van der Waals surface area contributed by atoms with Gasteiger partial charge in [0.05, 0.1) is 14.2 Å². The van der Waals surface area contributed by atoms with Gasteiger partial charge in [-0.05, 0) is 66.6 Å². The van der Waals surface area contributed by atoms with E-state index in [4.69, 9.17) is 9.47 Å². The van der Waals surface area contributed by atoms with E-state index in [1.54, 1.807) is 14.2 Å². The zero-order chi connectivity index (χ0) is 20.2. The maximum absolute atomic E-state index is 12.4. The van der Waals surface area contributed by atoms with Gasteiger partial charge in [-0.25, -0.2) is 4.79 Å². The molecule has 6 heteroatoms. The Hall–Kier alpha value is -2.73. The number of anilines is 1. The van der Waals surface area contributed by atoms with E-state index >= 15 is 0 Å². The van der Waals surface area contributed by atoms with Gasteiger partial charge in [0.1, 0.15) is 11.5 Å². The molecular weight excluding hydrogens is 366 g/mol. The molecule has 1 heterocycles. The summed E-state index contributed by atoms with van der Waals surface area (Å²) in [6, 6.07) is 12.2. The number of hydrogen-bond acceptors (Lipinski definition) is 4. The first-order chi connectivity index (χ1) is 14.1. The Morgan fingerprint density at radius 3 is 2.59 bits per heavy atom. The lowest BCUT2D eigenvalue weighted by molar-refractivity contribution is 0.247. The van der Waals surface area contributed by atoms with E-state index in [1.807, 2.05) is 24.3 Å². The first-order valence-corrected chi connectivity index (χ1v) is 10.3. The Balaban J connectivity index is 1.29. The molecule has 0 bridgehead atoms. The van der Waals surface area contributed by atoms with Crippen molar-refractivity contribution in [3.8, 4) is 11.5 Å². The van der Waals surface area contributed by atoms with Crippen LogP contribution in [0, 0.1) is 0 Å². The van der Waals surface area contributed by atoms with Gasteiger partial charge in [-0.2, -0.15) is 0 Å². The minimum atomic E-state index is -0.127. The van der Waals surface area contributed by atoms with Gasteiger partial charge >= 0.3 is 6.03 Å². The fourth-order valence-corrected chi connectivity index (χ4v) is 4.31. The molecule has 154 valence electrons. The number of likely N-dealkylation sites (tertiary alicyclic amines) is 1. The topological polar surface area (TPSA) is 62.8 Å². The Kier molecular flexibility index (Phi) is 5.90. The molecule has 1 unspecified atom stereocenters. The van der Waals surface area contributed by atoms with Crippen LogP contribution in [0.15, 0.2) is 36.4 Å². The predicted molar refractivity (Wildman–Crippen MR) is 114 cm³/mol. The fourth-order valence-electron chi connectivity index (χ4n) is 4.31. The highest BCUT2D eigenvalue weighted by atomic mass is 16.5. The molecule has 1 aliphatic heterocycles. The van der Waals surface area contributed by atoms with Crippen LogP contribution in [-0.2, 0) is 19.4 Å². The number of rotatable bonds is 6. The summed E-state index contributed by atoms with van der Waals surface area (Å²) in [5.41, 5.74) is 4.80. The first kappa shape index (κ1) is 19.6. The SMILES string of the molecule is COc1cc(CN2CCC(NC(=O)Nc3ccc4c(c3)CCC4)C2)cc(OC)c1. The Morgan fingerprint density at radius 2 is 1.83 bits per heavy atom. The summed E-state index contributed by atoms with van der Waals surface area (Å²) >= 11 is 0. The third-order valence-electron chi connectivity index (χ3n) is 5.78. The molecule has 0 radical (unpaired) electrons. The highest BCUT2D eigenvalue weighted by Gasteiger charge is 2.24. The number of carbonyl (C=O) groups is 1. The second-order valence-corrected chi connectivity index (χ2v) is 7.88. The molecule has 2 amide bonds. The van der Waals surface area contributed by atoms with Crippen LogP contribution in [0.4, 0.5) is 10.5 Å². The number of benzene rings is 2. The van der Waals surface area contributed by atoms with Crippen LogP contribution < -0.4 is 20.1 Å². The van der Waals surface area contributed by atoms with E-state index in [0.29, 0.717) is 0 Å². The predicted octanol–water partition coefficient (Wildman–Crippen LogP) is 3.59. The van der Waals surface area contributed by atoms with E-state index in [2.05, 4.69) is 27.7 Å². The fraction of sp³-hybridized carbons (Fsp3) is 0.435. The molecule has 29 heavy (non-hydrogen) atoms. The van der Waals surface area contributed by atoms with Gasteiger partial charge in [0.2, 0.25) is 0 Å². The standard InChI is InChI=1S/C23H29N3O3/c1-28-21-10-16(11-22(13-21)29-2)14-26-9-8-20(15-26)25-23(27)24-19-7-6-17-4-3-5-18(17)12-19/h6-7,10-13,20H,3-5,8-9,14-15H2,1-2H3,(H2,24,25,27). The zero-order valence-corrected chi connectivity index (χ0v) is 17.2. The van der Waals surface area contributed by atoms with Crippen LogP contribution in [-0.4, -0.2) is 44.3 Å². The van der Waals surface area contributed by atoms with E-state index in [1.165, 1.54) is 17.5 Å². The van der Waals surface area contributed by atoms with Crippen molar-refractivity contribution in [3.63, 3.8) is 0 Å². The van der Waals surface area contributed by atoms with E-state index < -0.39 is 0 Å². The number of urea groups is 1. The van der Waals surface area contributed by atoms with Crippen molar-refractivity contribution >= 4 is 11.7 Å². The molecule has 2 aliphatic rings. The lowest BCUT2D eigenvalue weighted by Crippen LogP contribution is -2.39. The van der Waals surface area contributed by atoms with Crippen LogP contribution >= 0.6 is 0 Å². The van der Waals surface area contributed by atoms with Crippen molar-refractivity contribution in [2.24, 2.45) is 0 Å². The average molecular weight is 396 g/mol. The molecule has 6 nitrogen and oxygen atoms in total. The minimum absolute atomic E-state index is 0.127. The summed E-state index contributed by atoms with van der Waals surface area (Å²) in [7, 11) is 3.32. The number of nitrogens with zero attached hydrogens (tertiary/aromatic N) is 1. The highest BCUT2D eigenvalue weighted by molar-refractivity contribution is 5.89. The molecule has 1 atom stereocenters. The lowest BCUT2D eigenvalue weighted by atomic mass is 10.1. The number of aryl methyl sites for hydroxylation is 2. The van der Waals surface area contributed by atoms with Gasteiger partial charge in [0, 0.05) is 37.4 Å². The summed E-state index contributed by atoms with van der Waals surface area (Å²) in [4.78, 5) is 14.8. The van der Waals surface area contributed by atoms with Gasteiger partial charge in [-0.15, -0.1) is 0 Å². The highest BCUT2D eigenvalue weighted by Crippen LogP contribution is 2.26. The monoisotopic (exact) mass is 395 g/mol. The Labute approximate surface area is 172 Å². The molecule has 1 saturated heterocycles. The average Bonchev–Trinajstić information content (AvgIpc) is 3.36. The summed E-state index contributed by atoms with van der Waals surface area (Å²) in [5.74, 6) is 1.59. The van der Waals surface area contributed by atoms with Crippen LogP contribution in [0.1, 0.15) is 29.5 Å². The molecule has 0 spiro atoms. The van der Waals surface area contributed by atoms with Crippen molar-refractivity contribution in [2.75, 3.05) is 32.6 Å². The molecule has 4 rings (SSSR count). The number of ether oxygens (including phenoxy) is 2. The Morgan fingerprint density at radius 1 is 1.07 bits per heavy atom. The van der Waals surface area contributed by atoms with Crippen molar-refractivity contribution in [2.45, 2.75) is 38.3 Å². The summed E-state index contributed by atoms with van der Waals surface area (Å²) in [6.07, 6.45) is 4.42. The van der Waals surface area contributed by atoms with Gasteiger partial charge in [0.15, 0.2) is 0 Å². The molecule has 2 N–H and O–H groups in total. The largest absolute Gasteiger partial charge is 0.497 e. The number of hydrogen-bond donors (Lipinski definition) is 2. The minimum Gasteiger partial charge on any atom is -0.497 e. The van der Waals surface area contributed by atoms with E-state index in [-0.39, 0.29) is 12.1 Å². The molecule has 1 aliphatic carbocycles. The Bertz CT molecular complexity index is 861. The summed E-state index contributed by atoms with van der Waals surface area (Å²) in [5, 5.41) is 6.11. The third kappa shape index (κ3) is 4.82. The first-order valence-electron chi connectivity index (χ1n) is 10.3. The van der Waals surface area contributed by atoms with Gasteiger partial charge < -0.3 is 20.1 Å². The van der Waals surface area contributed by atoms with Crippen molar-refractivity contribution in [3.05, 3.63) is 53.1 Å². The second-order valence-electron chi connectivity index (χ2n) is 7.88. The van der Waals surface area contributed by atoms with E-state index in [0.717, 1.165) is 61.6 Å². The van der Waals surface area contributed by atoms with Crippen LogP contribution in [0.5, 0.6) is 11.5 Å². The summed E-state index contributed by atoms with van der Waals surface area (Å²) < 4.78 is 10.7. The van der Waals surface area contributed by atoms with E-state index in [9.17, 15) is 4.79 Å².